The van der Waals surface area contributed by atoms with E-state index in [9.17, 15) is 13.2 Å². The van der Waals surface area contributed by atoms with Gasteiger partial charge in [0.25, 0.3) is 10.0 Å². The molecule has 12 heteroatoms. The van der Waals surface area contributed by atoms with Crippen molar-refractivity contribution in [3.8, 4) is 6.01 Å². The molecule has 0 fully saturated rings. The van der Waals surface area contributed by atoms with E-state index in [-0.39, 0.29) is 17.8 Å². The zero-order valence-electron chi connectivity index (χ0n) is 11.3. The third-order valence-corrected chi connectivity index (χ3v) is 5.11. The molecule has 21 heavy (non-hydrogen) atoms. The van der Waals surface area contributed by atoms with Crippen molar-refractivity contribution < 1.29 is 17.9 Å². The van der Waals surface area contributed by atoms with Crippen molar-refractivity contribution in [3.05, 3.63) is 5.82 Å². The Hall–Kier alpha value is -1.39. The van der Waals surface area contributed by atoms with Crippen LogP contribution in [-0.4, -0.2) is 46.6 Å². The SMILES string of the molecule is COc1nc(C)nc(NC(=O)NS(=O)(=O)C(Cl)C(C)Cl)n1. The maximum Gasteiger partial charge on any atom is 0.335 e. The average Bonchev–Trinajstić information content (AvgIpc) is 2.35. The van der Waals surface area contributed by atoms with E-state index in [1.165, 1.54) is 14.0 Å². The molecule has 0 saturated carbocycles. The Labute approximate surface area is 131 Å². The Kier molecular flexibility index (Phi) is 5.93. The van der Waals surface area contributed by atoms with E-state index in [1.807, 2.05) is 0 Å². The number of alkyl halides is 2. The first-order valence-electron chi connectivity index (χ1n) is 5.53. The largest absolute Gasteiger partial charge is 0.467 e. The lowest BCUT2D eigenvalue weighted by Gasteiger charge is -2.14. The summed E-state index contributed by atoms with van der Waals surface area (Å²) in [5, 5.41) is 1.24. The van der Waals surface area contributed by atoms with Gasteiger partial charge in [0.1, 0.15) is 5.82 Å². The Morgan fingerprint density at radius 1 is 1.29 bits per heavy atom. The number of hydrogen-bond acceptors (Lipinski definition) is 7. The highest BCUT2D eigenvalue weighted by Gasteiger charge is 2.29. The van der Waals surface area contributed by atoms with Crippen LogP contribution < -0.4 is 14.8 Å². The minimum atomic E-state index is -4.14. The normalized spacial score (nSPS) is 14.1. The maximum atomic E-state index is 11.7. The Morgan fingerprint density at radius 2 is 1.90 bits per heavy atom. The van der Waals surface area contributed by atoms with E-state index in [0.29, 0.717) is 0 Å². The molecule has 2 unspecified atom stereocenters. The lowest BCUT2D eigenvalue weighted by molar-refractivity contribution is 0.256. The van der Waals surface area contributed by atoms with Crippen molar-refractivity contribution in [3.63, 3.8) is 0 Å². The van der Waals surface area contributed by atoms with Gasteiger partial charge in [0.05, 0.1) is 12.5 Å². The number of methoxy groups -OCH3 is 1. The summed E-state index contributed by atoms with van der Waals surface area (Å²) < 4.78 is 28.4. The number of urea groups is 1. The zero-order chi connectivity index (χ0) is 16.2. The second kappa shape index (κ2) is 7.05. The molecule has 1 aromatic heterocycles. The number of aryl methyl sites for hydroxylation is 1. The van der Waals surface area contributed by atoms with Gasteiger partial charge in [-0.3, -0.25) is 5.32 Å². The van der Waals surface area contributed by atoms with Gasteiger partial charge in [0.2, 0.25) is 5.95 Å². The molecule has 0 aliphatic carbocycles. The predicted molar refractivity (Wildman–Crippen MR) is 77.1 cm³/mol. The number of sulfonamides is 1. The van der Waals surface area contributed by atoms with Gasteiger partial charge in [-0.1, -0.05) is 0 Å². The highest BCUT2D eigenvalue weighted by atomic mass is 35.5. The molecule has 9 nitrogen and oxygen atoms in total. The van der Waals surface area contributed by atoms with Crippen LogP contribution in [-0.2, 0) is 10.0 Å². The molecule has 2 N–H and O–H groups in total. The average molecular weight is 358 g/mol. The molecule has 118 valence electrons. The lowest BCUT2D eigenvalue weighted by atomic mass is 10.6. The summed E-state index contributed by atoms with van der Waals surface area (Å²) in [7, 11) is -2.80. The van der Waals surface area contributed by atoms with Crippen molar-refractivity contribution in [2.24, 2.45) is 0 Å². The Balaban J connectivity index is 2.81. The van der Waals surface area contributed by atoms with Crippen LogP contribution in [0.5, 0.6) is 6.01 Å². The molecular formula is C9H13Cl2N5O4S. The fourth-order valence-electron chi connectivity index (χ4n) is 1.16. The number of amides is 2. The van der Waals surface area contributed by atoms with Crippen LogP contribution in [0.1, 0.15) is 12.7 Å². The highest BCUT2D eigenvalue weighted by molar-refractivity contribution is 7.92. The van der Waals surface area contributed by atoms with E-state index in [0.717, 1.165) is 0 Å². The van der Waals surface area contributed by atoms with Crippen molar-refractivity contribution in [1.29, 1.82) is 0 Å². The summed E-state index contributed by atoms with van der Waals surface area (Å²) in [4.78, 5) is 23.0. The highest BCUT2D eigenvalue weighted by Crippen LogP contribution is 2.15. The number of nitrogens with zero attached hydrogens (tertiary/aromatic N) is 3. The van der Waals surface area contributed by atoms with E-state index >= 15 is 0 Å². The van der Waals surface area contributed by atoms with Crippen LogP contribution in [0.3, 0.4) is 0 Å². The zero-order valence-corrected chi connectivity index (χ0v) is 13.6. The van der Waals surface area contributed by atoms with Crippen molar-refractivity contribution in [1.82, 2.24) is 19.7 Å². The first-order chi connectivity index (χ1) is 9.65. The first-order valence-corrected chi connectivity index (χ1v) is 7.95. The van der Waals surface area contributed by atoms with Crippen LogP contribution in [0.2, 0.25) is 0 Å². The molecule has 0 aliphatic rings. The monoisotopic (exact) mass is 357 g/mol. The lowest BCUT2D eigenvalue weighted by Crippen LogP contribution is -2.41. The second-order valence-electron chi connectivity index (χ2n) is 3.82. The third kappa shape index (κ3) is 5.14. The van der Waals surface area contributed by atoms with Gasteiger partial charge in [-0.25, -0.2) is 17.9 Å². The number of rotatable bonds is 5. The first kappa shape index (κ1) is 17.7. The van der Waals surface area contributed by atoms with Gasteiger partial charge in [-0.15, -0.1) is 23.2 Å². The molecule has 2 atom stereocenters. The fraction of sp³-hybridized carbons (Fsp3) is 0.556. The Bertz CT molecular complexity index is 625. The number of hydrogen-bond donors (Lipinski definition) is 2. The van der Waals surface area contributed by atoms with Crippen LogP contribution >= 0.6 is 23.2 Å². The van der Waals surface area contributed by atoms with Crippen LogP contribution in [0.25, 0.3) is 0 Å². The quantitative estimate of drug-likeness (QED) is 0.747. The number of nitrogens with one attached hydrogen (secondary N) is 2. The summed E-state index contributed by atoms with van der Waals surface area (Å²) in [6.45, 7) is 2.94. The number of ether oxygens (including phenoxy) is 1. The van der Waals surface area contributed by atoms with E-state index in [1.54, 1.807) is 11.6 Å². The molecule has 0 bridgehead atoms. The van der Waals surface area contributed by atoms with Gasteiger partial charge in [-0.05, 0) is 13.8 Å². The molecule has 1 aromatic rings. The molecule has 0 aliphatic heterocycles. The number of halogens is 2. The fourth-order valence-corrected chi connectivity index (χ4v) is 2.62. The van der Waals surface area contributed by atoms with Crippen LogP contribution in [0.15, 0.2) is 0 Å². The molecule has 0 spiro atoms. The smallest absolute Gasteiger partial charge is 0.335 e. The molecule has 1 rings (SSSR count). The minimum Gasteiger partial charge on any atom is -0.467 e. The van der Waals surface area contributed by atoms with Crippen molar-refractivity contribution in [2.75, 3.05) is 12.4 Å². The molecule has 0 radical (unpaired) electrons. The number of anilines is 1. The third-order valence-electron chi connectivity index (χ3n) is 2.03. The summed E-state index contributed by atoms with van der Waals surface area (Å²) in [6, 6.07) is -1.10. The van der Waals surface area contributed by atoms with Crippen molar-refractivity contribution >= 4 is 45.2 Å². The van der Waals surface area contributed by atoms with E-state index < -0.39 is 26.1 Å². The minimum absolute atomic E-state index is 0.0229. The molecule has 0 saturated heterocycles. The van der Waals surface area contributed by atoms with Crippen LogP contribution in [0, 0.1) is 6.92 Å². The predicted octanol–water partition coefficient (Wildman–Crippen LogP) is 0.832. The van der Waals surface area contributed by atoms with Crippen LogP contribution in [0.4, 0.5) is 10.7 Å². The maximum absolute atomic E-state index is 11.7. The van der Waals surface area contributed by atoms with Gasteiger partial charge in [-0.2, -0.15) is 15.0 Å². The molecule has 0 aromatic carbocycles. The molecule has 1 heterocycles. The number of carbonyl (C=O) groups excluding carboxylic acids is 1. The summed E-state index contributed by atoms with van der Waals surface area (Å²) in [5.41, 5.74) is 0. The van der Waals surface area contributed by atoms with E-state index in [4.69, 9.17) is 27.9 Å². The van der Waals surface area contributed by atoms with Gasteiger partial charge >= 0.3 is 12.0 Å². The standard InChI is InChI=1S/C9H13Cl2N5O4S/c1-4(10)6(11)21(18,19)16-8(17)14-7-12-5(2)13-9(15-7)20-3/h4,6H,1-3H3,(H2,12,13,14,15,16,17). The van der Waals surface area contributed by atoms with Crippen molar-refractivity contribution in [2.45, 2.75) is 23.9 Å². The topological polar surface area (TPSA) is 123 Å². The summed E-state index contributed by atoms with van der Waals surface area (Å²) >= 11 is 11.2. The van der Waals surface area contributed by atoms with Gasteiger partial charge < -0.3 is 4.74 Å². The molecule has 2 amide bonds. The molecular weight excluding hydrogens is 345 g/mol. The van der Waals surface area contributed by atoms with E-state index in [2.05, 4.69) is 20.3 Å². The van der Waals surface area contributed by atoms with Gasteiger partial charge in [0.15, 0.2) is 4.71 Å². The Morgan fingerprint density at radius 3 is 2.43 bits per heavy atom. The summed E-state index contributed by atoms with van der Waals surface area (Å²) in [6.07, 6.45) is 0. The number of aromatic nitrogens is 3. The second-order valence-corrected chi connectivity index (χ2v) is 7.04. The summed E-state index contributed by atoms with van der Waals surface area (Å²) in [5.74, 6) is 0.113. The van der Waals surface area contributed by atoms with Gasteiger partial charge in [0, 0.05) is 0 Å². The number of carbonyl (C=O) groups is 1.